The van der Waals surface area contributed by atoms with Crippen LogP contribution in [0.25, 0.3) is 5.70 Å². The number of fused-ring (bicyclic) bond motifs is 2. The fourth-order valence-corrected chi connectivity index (χ4v) is 3.88. The van der Waals surface area contributed by atoms with Gasteiger partial charge in [-0.25, -0.2) is 4.79 Å². The lowest BCUT2D eigenvalue weighted by Crippen LogP contribution is -2.44. The quantitative estimate of drug-likeness (QED) is 0.619. The number of phenolic OH excluding ortho intramolecular Hbond substituents is 1. The zero-order valence-electron chi connectivity index (χ0n) is 12.3. The third-order valence-corrected chi connectivity index (χ3v) is 5.30. The van der Waals surface area contributed by atoms with Crippen molar-refractivity contribution in [3.05, 3.63) is 68.3 Å². The molecule has 2 amide bonds. The second-order valence-corrected chi connectivity index (χ2v) is 6.96. The molecule has 0 spiro atoms. The lowest BCUT2D eigenvalue weighted by Gasteiger charge is -2.34. The molecule has 1 atom stereocenters. The zero-order chi connectivity index (χ0) is 16.0. The van der Waals surface area contributed by atoms with Crippen molar-refractivity contribution in [3.8, 4) is 5.75 Å². The van der Waals surface area contributed by atoms with Gasteiger partial charge in [0.1, 0.15) is 5.75 Å². The van der Waals surface area contributed by atoms with Crippen LogP contribution in [0.1, 0.15) is 29.2 Å². The van der Waals surface area contributed by atoms with Crippen molar-refractivity contribution >= 4 is 34.3 Å². The summed E-state index contributed by atoms with van der Waals surface area (Å²) in [6, 6.07) is 13.4. The molecule has 5 heteroatoms. The second kappa shape index (κ2) is 5.56. The van der Waals surface area contributed by atoms with E-state index in [-0.39, 0.29) is 17.8 Å². The monoisotopic (exact) mass is 418 g/mol. The summed E-state index contributed by atoms with van der Waals surface area (Å²) in [4.78, 5) is 12.2. The Balaban J connectivity index is 1.85. The first-order valence-electron chi connectivity index (χ1n) is 7.51. The van der Waals surface area contributed by atoms with Crippen LogP contribution >= 0.6 is 22.6 Å². The first-order chi connectivity index (χ1) is 11.1. The Morgan fingerprint density at radius 3 is 2.78 bits per heavy atom. The summed E-state index contributed by atoms with van der Waals surface area (Å²) < 4.78 is 0.784. The summed E-state index contributed by atoms with van der Waals surface area (Å²) in [5.41, 5.74) is 5.51. The van der Waals surface area contributed by atoms with Crippen molar-refractivity contribution in [2.45, 2.75) is 18.9 Å². The van der Waals surface area contributed by atoms with E-state index in [2.05, 4.69) is 45.4 Å². The van der Waals surface area contributed by atoms with Gasteiger partial charge < -0.3 is 15.7 Å². The van der Waals surface area contributed by atoms with Crippen LogP contribution in [0.2, 0.25) is 0 Å². The first-order valence-corrected chi connectivity index (χ1v) is 8.58. The highest BCUT2D eigenvalue weighted by Crippen LogP contribution is 2.39. The van der Waals surface area contributed by atoms with Gasteiger partial charge in [-0.3, -0.25) is 0 Å². The van der Waals surface area contributed by atoms with Crippen molar-refractivity contribution in [3.63, 3.8) is 0 Å². The van der Waals surface area contributed by atoms with E-state index in [1.807, 2.05) is 24.3 Å². The van der Waals surface area contributed by atoms with Crippen molar-refractivity contribution < 1.29 is 9.90 Å². The molecule has 0 aromatic heterocycles. The summed E-state index contributed by atoms with van der Waals surface area (Å²) >= 11 is 2.10. The molecule has 0 saturated carbocycles. The van der Waals surface area contributed by atoms with Gasteiger partial charge in [-0.1, -0.05) is 30.3 Å². The Morgan fingerprint density at radius 1 is 1.13 bits per heavy atom. The molecule has 0 bridgehead atoms. The van der Waals surface area contributed by atoms with Crippen molar-refractivity contribution in [1.29, 1.82) is 0 Å². The van der Waals surface area contributed by atoms with E-state index in [1.165, 1.54) is 11.1 Å². The molecule has 1 aliphatic carbocycles. The van der Waals surface area contributed by atoms with E-state index < -0.39 is 0 Å². The molecule has 0 radical (unpaired) electrons. The fourth-order valence-electron chi connectivity index (χ4n) is 3.34. The number of aromatic hydroxyl groups is 1. The predicted octanol–water partition coefficient (Wildman–Crippen LogP) is 3.71. The van der Waals surface area contributed by atoms with Gasteiger partial charge in [0.05, 0.1) is 15.3 Å². The number of halogens is 1. The van der Waals surface area contributed by atoms with Crippen LogP contribution < -0.4 is 10.6 Å². The Bertz CT molecular complexity index is 845. The Morgan fingerprint density at radius 2 is 1.96 bits per heavy atom. The molecule has 2 aliphatic rings. The third kappa shape index (κ3) is 2.49. The molecule has 0 fully saturated rings. The van der Waals surface area contributed by atoms with Crippen LogP contribution in [0, 0.1) is 3.57 Å². The number of carbonyl (C=O) groups is 1. The van der Waals surface area contributed by atoms with E-state index in [0.29, 0.717) is 0 Å². The molecule has 23 heavy (non-hydrogen) atoms. The number of aryl methyl sites for hydroxylation is 1. The lowest BCUT2D eigenvalue weighted by atomic mass is 9.83. The normalized spacial score (nSPS) is 19.5. The van der Waals surface area contributed by atoms with E-state index in [1.54, 1.807) is 6.07 Å². The molecule has 3 N–H and O–H groups in total. The van der Waals surface area contributed by atoms with Crippen LogP contribution in [0.3, 0.4) is 0 Å². The number of amides is 2. The second-order valence-electron chi connectivity index (χ2n) is 5.80. The predicted molar refractivity (Wildman–Crippen MR) is 96.9 cm³/mol. The standard InChI is InChI=1S/C18H15IN2O2/c19-14-9-11(6-8-15(14)22)16-13-7-5-10-3-1-2-4-12(10)17(13)21-18(23)20-16/h1-4,6,8-9,16,22H,5,7H2,(H2,20,21,23). The third-order valence-electron chi connectivity index (χ3n) is 4.44. The van der Waals surface area contributed by atoms with Gasteiger partial charge in [0.15, 0.2) is 0 Å². The van der Waals surface area contributed by atoms with Gasteiger partial charge in [0.2, 0.25) is 0 Å². The van der Waals surface area contributed by atoms with E-state index >= 15 is 0 Å². The maximum atomic E-state index is 12.2. The zero-order valence-corrected chi connectivity index (χ0v) is 14.4. The molecule has 4 nitrogen and oxygen atoms in total. The van der Waals surface area contributed by atoms with E-state index in [4.69, 9.17) is 0 Å². The molecule has 0 saturated heterocycles. The van der Waals surface area contributed by atoms with Crippen molar-refractivity contribution in [2.75, 3.05) is 0 Å². The topological polar surface area (TPSA) is 61.4 Å². The van der Waals surface area contributed by atoms with Gasteiger partial charge in [-0.05, 0) is 64.3 Å². The SMILES string of the molecule is O=C1NC2=C(CCc3ccccc32)C(c2ccc(O)c(I)c2)N1. The smallest absolute Gasteiger partial charge is 0.319 e. The number of phenols is 1. The van der Waals surface area contributed by atoms with Gasteiger partial charge >= 0.3 is 6.03 Å². The molecular formula is C18H15IN2O2. The van der Waals surface area contributed by atoms with Gasteiger partial charge in [0.25, 0.3) is 0 Å². The van der Waals surface area contributed by atoms with Crippen LogP contribution in [0.5, 0.6) is 5.75 Å². The molecule has 4 rings (SSSR count). The number of benzene rings is 2. The number of nitrogens with one attached hydrogen (secondary N) is 2. The average Bonchev–Trinajstić information content (AvgIpc) is 2.56. The molecule has 1 aliphatic heterocycles. The highest BCUT2D eigenvalue weighted by Gasteiger charge is 2.32. The fraction of sp³-hybridized carbons (Fsp3) is 0.167. The Hall–Kier alpha value is -2.02. The van der Waals surface area contributed by atoms with Gasteiger partial charge in [0, 0.05) is 5.56 Å². The highest BCUT2D eigenvalue weighted by molar-refractivity contribution is 14.1. The van der Waals surface area contributed by atoms with Gasteiger partial charge in [-0.2, -0.15) is 0 Å². The summed E-state index contributed by atoms with van der Waals surface area (Å²) in [6.45, 7) is 0. The molecule has 2 aromatic carbocycles. The Kier molecular flexibility index (Phi) is 3.52. The maximum absolute atomic E-state index is 12.2. The lowest BCUT2D eigenvalue weighted by molar-refractivity contribution is 0.240. The largest absolute Gasteiger partial charge is 0.507 e. The molecule has 1 heterocycles. The van der Waals surface area contributed by atoms with Gasteiger partial charge in [-0.15, -0.1) is 0 Å². The number of hydrogen-bond donors (Lipinski definition) is 3. The van der Waals surface area contributed by atoms with E-state index in [9.17, 15) is 9.90 Å². The summed E-state index contributed by atoms with van der Waals surface area (Å²) in [5, 5.41) is 15.7. The number of hydrogen-bond acceptors (Lipinski definition) is 2. The number of urea groups is 1. The molecular weight excluding hydrogens is 403 g/mol. The molecule has 2 aromatic rings. The minimum absolute atomic E-state index is 0.152. The van der Waals surface area contributed by atoms with E-state index in [0.717, 1.165) is 33.2 Å². The Labute approximate surface area is 147 Å². The number of rotatable bonds is 1. The van der Waals surface area contributed by atoms with Crippen molar-refractivity contribution in [2.24, 2.45) is 0 Å². The maximum Gasteiger partial charge on any atom is 0.319 e. The van der Waals surface area contributed by atoms with Crippen molar-refractivity contribution in [1.82, 2.24) is 10.6 Å². The minimum atomic E-state index is -0.187. The molecule has 116 valence electrons. The van der Waals surface area contributed by atoms with Crippen LogP contribution in [-0.2, 0) is 6.42 Å². The summed E-state index contributed by atoms with van der Waals surface area (Å²) in [6.07, 6.45) is 1.87. The molecule has 1 unspecified atom stereocenters. The number of carbonyl (C=O) groups excluding carboxylic acids is 1. The van der Waals surface area contributed by atoms with Crippen LogP contribution in [0.15, 0.2) is 48.0 Å². The average molecular weight is 418 g/mol. The minimum Gasteiger partial charge on any atom is -0.507 e. The first kappa shape index (κ1) is 14.6. The van der Waals surface area contributed by atoms with Crippen LogP contribution in [-0.4, -0.2) is 11.1 Å². The highest BCUT2D eigenvalue weighted by atomic mass is 127. The summed E-state index contributed by atoms with van der Waals surface area (Å²) in [7, 11) is 0. The summed E-state index contributed by atoms with van der Waals surface area (Å²) in [5.74, 6) is 0.262. The van der Waals surface area contributed by atoms with Crippen LogP contribution in [0.4, 0.5) is 4.79 Å².